The third-order valence-electron chi connectivity index (χ3n) is 3.81. The maximum absolute atomic E-state index is 12.5. The number of nitrogens with zero attached hydrogens (tertiary/aromatic N) is 4. The maximum Gasteiger partial charge on any atom is 0.328 e. The van der Waals surface area contributed by atoms with E-state index in [-0.39, 0.29) is 31.1 Å². The first-order valence-electron chi connectivity index (χ1n) is 7.39. The molecule has 2 aromatic rings. The van der Waals surface area contributed by atoms with Crippen LogP contribution in [0.2, 0.25) is 0 Å². The summed E-state index contributed by atoms with van der Waals surface area (Å²) >= 11 is 0. The monoisotopic (exact) mass is 346 g/mol. The van der Waals surface area contributed by atoms with Crippen LogP contribution in [0.3, 0.4) is 0 Å². The Labute approximate surface area is 141 Å². The van der Waals surface area contributed by atoms with Crippen molar-refractivity contribution in [2.75, 3.05) is 19.8 Å². The molecule has 25 heavy (non-hydrogen) atoms. The first-order chi connectivity index (χ1) is 12.0. The molecule has 1 aliphatic rings. The second-order valence-corrected chi connectivity index (χ2v) is 5.35. The molecule has 0 spiro atoms. The highest BCUT2D eigenvalue weighted by molar-refractivity contribution is 5.95. The number of nitro benzene ring substituents is 1. The van der Waals surface area contributed by atoms with Crippen molar-refractivity contribution in [1.29, 1.82) is 0 Å². The summed E-state index contributed by atoms with van der Waals surface area (Å²) in [5.74, 6) is -1.64. The Morgan fingerprint density at radius 3 is 2.64 bits per heavy atom. The number of carbonyl (C=O) groups is 2. The van der Waals surface area contributed by atoms with E-state index in [0.29, 0.717) is 5.69 Å². The van der Waals surface area contributed by atoms with Crippen molar-refractivity contribution in [3.8, 4) is 5.69 Å². The minimum Gasteiger partial charge on any atom is -0.480 e. The highest BCUT2D eigenvalue weighted by atomic mass is 16.6. The zero-order valence-corrected chi connectivity index (χ0v) is 12.9. The lowest BCUT2D eigenvalue weighted by Crippen LogP contribution is -2.52. The maximum atomic E-state index is 12.5. The number of hydrogen-bond acceptors (Lipinski definition) is 6. The summed E-state index contributed by atoms with van der Waals surface area (Å²) in [6, 6.07) is 6.10. The molecule has 0 aliphatic carbocycles. The summed E-state index contributed by atoms with van der Waals surface area (Å²) < 4.78 is 6.51. The molecule has 1 fully saturated rings. The normalized spacial score (nSPS) is 17.3. The highest BCUT2D eigenvalue weighted by Gasteiger charge is 2.34. The molecule has 10 heteroatoms. The van der Waals surface area contributed by atoms with Crippen molar-refractivity contribution < 1.29 is 24.4 Å². The Kier molecular flexibility index (Phi) is 4.44. The fourth-order valence-electron chi connectivity index (χ4n) is 2.51. The van der Waals surface area contributed by atoms with Crippen LogP contribution in [-0.2, 0) is 9.53 Å². The van der Waals surface area contributed by atoms with Gasteiger partial charge in [-0.05, 0) is 18.2 Å². The number of amides is 1. The Bertz CT molecular complexity index is 816. The van der Waals surface area contributed by atoms with Crippen molar-refractivity contribution >= 4 is 17.6 Å². The van der Waals surface area contributed by atoms with Gasteiger partial charge < -0.3 is 14.7 Å². The molecule has 1 N–H and O–H groups in total. The predicted molar refractivity (Wildman–Crippen MR) is 83.5 cm³/mol. The van der Waals surface area contributed by atoms with E-state index in [2.05, 4.69) is 5.10 Å². The van der Waals surface area contributed by atoms with Gasteiger partial charge in [0.2, 0.25) is 0 Å². The third kappa shape index (κ3) is 3.33. The molecule has 1 unspecified atom stereocenters. The number of carboxylic acids is 1. The number of morpholine rings is 1. The second kappa shape index (κ2) is 6.69. The largest absolute Gasteiger partial charge is 0.480 e. The highest BCUT2D eigenvalue weighted by Crippen LogP contribution is 2.16. The number of aliphatic carboxylic acids is 1. The van der Waals surface area contributed by atoms with Gasteiger partial charge in [0, 0.05) is 24.9 Å². The smallest absolute Gasteiger partial charge is 0.328 e. The number of ether oxygens (including phenoxy) is 1. The van der Waals surface area contributed by atoms with Crippen LogP contribution in [0.25, 0.3) is 5.69 Å². The van der Waals surface area contributed by atoms with E-state index in [9.17, 15) is 24.8 Å². The van der Waals surface area contributed by atoms with Crippen molar-refractivity contribution in [3.63, 3.8) is 0 Å². The zero-order chi connectivity index (χ0) is 18.0. The molecule has 130 valence electrons. The van der Waals surface area contributed by atoms with Gasteiger partial charge in [-0.3, -0.25) is 14.9 Å². The van der Waals surface area contributed by atoms with E-state index in [1.165, 1.54) is 46.1 Å². The number of carboxylic acid groups (broad SMARTS) is 1. The molecule has 1 aromatic heterocycles. The molecule has 1 aliphatic heterocycles. The fraction of sp³-hybridized carbons (Fsp3) is 0.267. The van der Waals surface area contributed by atoms with Gasteiger partial charge in [0.05, 0.1) is 23.8 Å². The Balaban J connectivity index is 1.81. The second-order valence-electron chi connectivity index (χ2n) is 5.35. The van der Waals surface area contributed by atoms with Crippen LogP contribution in [0.4, 0.5) is 5.69 Å². The standard InChI is InChI=1S/C15H14N4O6/c20-14(17-7-8-25-9-13(17)15(21)22)12-5-6-18(16-12)10-1-3-11(4-2-10)19(23)24/h1-6,13H,7-9H2,(H,21,22). The number of nitro groups is 1. The number of aromatic nitrogens is 2. The van der Waals surface area contributed by atoms with Gasteiger partial charge in [-0.15, -0.1) is 0 Å². The van der Waals surface area contributed by atoms with Gasteiger partial charge in [-0.25, -0.2) is 9.48 Å². The number of rotatable bonds is 4. The van der Waals surface area contributed by atoms with E-state index in [0.717, 1.165) is 0 Å². The fourth-order valence-corrected chi connectivity index (χ4v) is 2.51. The molecule has 0 saturated carbocycles. The summed E-state index contributed by atoms with van der Waals surface area (Å²) in [6.45, 7) is 0.364. The van der Waals surface area contributed by atoms with Crippen LogP contribution in [0, 0.1) is 10.1 Å². The van der Waals surface area contributed by atoms with Gasteiger partial charge in [-0.2, -0.15) is 5.10 Å². The summed E-state index contributed by atoms with van der Waals surface area (Å²) in [6.07, 6.45) is 1.53. The quantitative estimate of drug-likeness (QED) is 0.637. The van der Waals surface area contributed by atoms with E-state index in [1.54, 1.807) is 0 Å². The lowest BCUT2D eigenvalue weighted by atomic mass is 10.2. The molecule has 0 bridgehead atoms. The number of hydrogen-bond donors (Lipinski definition) is 1. The lowest BCUT2D eigenvalue weighted by molar-refractivity contribution is -0.384. The van der Waals surface area contributed by atoms with Crippen molar-refractivity contribution in [2.24, 2.45) is 0 Å². The van der Waals surface area contributed by atoms with Gasteiger partial charge in [0.1, 0.15) is 0 Å². The summed E-state index contributed by atoms with van der Waals surface area (Å²) in [5.41, 5.74) is 0.581. The number of carbonyl (C=O) groups excluding carboxylic acids is 1. The molecule has 1 amide bonds. The van der Waals surface area contributed by atoms with Gasteiger partial charge in [0.15, 0.2) is 11.7 Å². The summed E-state index contributed by atoms with van der Waals surface area (Å²) in [5, 5.41) is 24.0. The summed E-state index contributed by atoms with van der Waals surface area (Å²) in [7, 11) is 0. The Morgan fingerprint density at radius 1 is 1.28 bits per heavy atom. The van der Waals surface area contributed by atoms with Crippen LogP contribution >= 0.6 is 0 Å². The van der Waals surface area contributed by atoms with Crippen LogP contribution in [0.1, 0.15) is 10.5 Å². The topological polar surface area (TPSA) is 128 Å². The van der Waals surface area contributed by atoms with E-state index >= 15 is 0 Å². The summed E-state index contributed by atoms with van der Waals surface area (Å²) in [4.78, 5) is 35.2. The minimum atomic E-state index is -1.14. The van der Waals surface area contributed by atoms with Crippen molar-refractivity contribution in [2.45, 2.75) is 6.04 Å². The molecule has 10 nitrogen and oxygen atoms in total. The molecule has 1 atom stereocenters. The van der Waals surface area contributed by atoms with E-state index in [4.69, 9.17) is 4.74 Å². The Hall–Kier alpha value is -3.27. The minimum absolute atomic E-state index is 0.0511. The Morgan fingerprint density at radius 2 is 2.00 bits per heavy atom. The van der Waals surface area contributed by atoms with Crippen molar-refractivity contribution in [3.05, 3.63) is 52.3 Å². The molecule has 1 saturated heterocycles. The van der Waals surface area contributed by atoms with E-state index in [1.807, 2.05) is 0 Å². The van der Waals surface area contributed by atoms with E-state index < -0.39 is 22.8 Å². The molecular weight excluding hydrogens is 332 g/mol. The van der Waals surface area contributed by atoms with Gasteiger partial charge in [0.25, 0.3) is 11.6 Å². The van der Waals surface area contributed by atoms with Crippen molar-refractivity contribution in [1.82, 2.24) is 14.7 Å². The first kappa shape index (κ1) is 16.6. The van der Waals surface area contributed by atoms with Crippen LogP contribution in [0.15, 0.2) is 36.5 Å². The van der Waals surface area contributed by atoms with Gasteiger partial charge >= 0.3 is 5.97 Å². The van der Waals surface area contributed by atoms with Crippen LogP contribution in [0.5, 0.6) is 0 Å². The predicted octanol–water partition coefficient (Wildman–Crippen LogP) is 0.706. The molecule has 2 heterocycles. The lowest BCUT2D eigenvalue weighted by Gasteiger charge is -2.32. The number of benzene rings is 1. The van der Waals surface area contributed by atoms with Crippen LogP contribution < -0.4 is 0 Å². The zero-order valence-electron chi connectivity index (χ0n) is 12.9. The third-order valence-corrected chi connectivity index (χ3v) is 3.81. The first-order valence-corrected chi connectivity index (χ1v) is 7.39. The number of non-ortho nitro benzene ring substituents is 1. The molecule has 0 radical (unpaired) electrons. The molecule has 1 aromatic carbocycles. The average Bonchev–Trinajstić information content (AvgIpc) is 3.11. The molecular formula is C15H14N4O6. The van der Waals surface area contributed by atoms with Gasteiger partial charge in [-0.1, -0.05) is 0 Å². The molecule has 3 rings (SSSR count). The average molecular weight is 346 g/mol. The SMILES string of the molecule is O=C(O)C1COCCN1C(=O)c1ccn(-c2ccc([N+](=O)[O-])cc2)n1. The van der Waals surface area contributed by atoms with Crippen LogP contribution in [-0.4, -0.2) is 62.4 Å².